The minimum atomic E-state index is -0.208. The summed E-state index contributed by atoms with van der Waals surface area (Å²) in [6, 6.07) is 12.5. The lowest BCUT2D eigenvalue weighted by Crippen LogP contribution is -2.04. The topological polar surface area (TPSA) is 26.0 Å². The summed E-state index contributed by atoms with van der Waals surface area (Å²) in [4.78, 5) is 1.60. The maximum atomic E-state index is 13.9. The number of nitrogens with two attached hydrogens (primary N) is 1. The van der Waals surface area contributed by atoms with Crippen molar-refractivity contribution in [1.82, 2.24) is 0 Å². The quantitative estimate of drug-likeness (QED) is 0.912. The standard InChI is InChI=1S/C14H13ClFNS/c15-11-4-6-12(7-5-11)18-14-10(8-9-17)2-1-3-13(14)16/h1-7H,8-9,17H2. The van der Waals surface area contributed by atoms with Crippen LogP contribution >= 0.6 is 23.4 Å². The first-order valence-electron chi connectivity index (χ1n) is 5.61. The summed E-state index contributed by atoms with van der Waals surface area (Å²) in [7, 11) is 0. The highest BCUT2D eigenvalue weighted by molar-refractivity contribution is 7.99. The van der Waals surface area contributed by atoms with Gasteiger partial charge in [-0.3, -0.25) is 0 Å². The Morgan fingerprint density at radius 1 is 1.11 bits per heavy atom. The van der Waals surface area contributed by atoms with Gasteiger partial charge in [0.25, 0.3) is 0 Å². The van der Waals surface area contributed by atoms with Crippen LogP contribution in [-0.4, -0.2) is 6.54 Å². The van der Waals surface area contributed by atoms with Crippen LogP contribution in [0, 0.1) is 5.82 Å². The molecule has 2 N–H and O–H groups in total. The Morgan fingerprint density at radius 3 is 2.50 bits per heavy atom. The van der Waals surface area contributed by atoms with E-state index in [1.807, 2.05) is 18.2 Å². The lowest BCUT2D eigenvalue weighted by atomic mass is 10.1. The Bertz CT molecular complexity index is 528. The summed E-state index contributed by atoms with van der Waals surface area (Å²) in [5, 5.41) is 0.676. The van der Waals surface area contributed by atoms with Gasteiger partial charge >= 0.3 is 0 Å². The van der Waals surface area contributed by atoms with Crippen molar-refractivity contribution in [2.24, 2.45) is 5.73 Å². The number of hydrogen-bond donors (Lipinski definition) is 1. The highest BCUT2D eigenvalue weighted by Gasteiger charge is 2.09. The van der Waals surface area contributed by atoms with E-state index in [2.05, 4.69) is 0 Å². The summed E-state index contributed by atoms with van der Waals surface area (Å²) in [5.41, 5.74) is 6.49. The molecular weight excluding hydrogens is 269 g/mol. The van der Waals surface area contributed by atoms with Crippen molar-refractivity contribution < 1.29 is 4.39 Å². The molecule has 18 heavy (non-hydrogen) atoms. The van der Waals surface area contributed by atoms with Crippen LogP contribution in [0.15, 0.2) is 52.3 Å². The summed E-state index contributed by atoms with van der Waals surface area (Å²) in [6.07, 6.45) is 0.674. The van der Waals surface area contributed by atoms with E-state index in [0.717, 1.165) is 10.5 Å². The molecule has 0 fully saturated rings. The van der Waals surface area contributed by atoms with E-state index in [0.29, 0.717) is 22.9 Å². The third-order valence-electron chi connectivity index (χ3n) is 2.50. The SMILES string of the molecule is NCCc1cccc(F)c1Sc1ccc(Cl)cc1. The third kappa shape index (κ3) is 3.25. The first-order chi connectivity index (χ1) is 8.70. The van der Waals surface area contributed by atoms with Crippen molar-refractivity contribution in [3.05, 3.63) is 58.9 Å². The summed E-state index contributed by atoms with van der Waals surface area (Å²) in [5.74, 6) is -0.208. The predicted octanol–water partition coefficient (Wildman–Crippen LogP) is 4.13. The largest absolute Gasteiger partial charge is 0.330 e. The van der Waals surface area contributed by atoms with Crippen LogP contribution in [0.1, 0.15) is 5.56 Å². The summed E-state index contributed by atoms with van der Waals surface area (Å²) in [6.45, 7) is 0.512. The van der Waals surface area contributed by atoms with E-state index < -0.39 is 0 Å². The highest BCUT2D eigenvalue weighted by Crippen LogP contribution is 2.33. The van der Waals surface area contributed by atoms with Crippen molar-refractivity contribution in [3.63, 3.8) is 0 Å². The molecule has 0 spiro atoms. The smallest absolute Gasteiger partial charge is 0.137 e. The molecule has 4 heteroatoms. The molecule has 94 valence electrons. The normalized spacial score (nSPS) is 10.6. The van der Waals surface area contributed by atoms with Crippen LogP contribution in [0.3, 0.4) is 0 Å². The van der Waals surface area contributed by atoms with E-state index in [9.17, 15) is 4.39 Å². The van der Waals surface area contributed by atoms with Crippen LogP contribution in [0.25, 0.3) is 0 Å². The number of hydrogen-bond acceptors (Lipinski definition) is 2. The van der Waals surface area contributed by atoms with Crippen LogP contribution < -0.4 is 5.73 Å². The van der Waals surface area contributed by atoms with Crippen molar-refractivity contribution in [1.29, 1.82) is 0 Å². The second-order valence-electron chi connectivity index (χ2n) is 3.82. The number of halogens is 2. The lowest BCUT2D eigenvalue weighted by Gasteiger charge is -2.09. The zero-order valence-electron chi connectivity index (χ0n) is 9.70. The van der Waals surface area contributed by atoms with Crippen molar-refractivity contribution in [2.45, 2.75) is 16.2 Å². The molecule has 0 amide bonds. The molecule has 1 nitrogen and oxygen atoms in total. The van der Waals surface area contributed by atoms with E-state index in [-0.39, 0.29) is 5.82 Å². The zero-order valence-corrected chi connectivity index (χ0v) is 11.3. The van der Waals surface area contributed by atoms with Crippen LogP contribution in [0.2, 0.25) is 5.02 Å². The van der Waals surface area contributed by atoms with Gasteiger partial charge in [-0.05, 0) is 48.9 Å². The van der Waals surface area contributed by atoms with Crippen LogP contribution in [-0.2, 0) is 6.42 Å². The third-order valence-corrected chi connectivity index (χ3v) is 3.92. The fourth-order valence-electron chi connectivity index (χ4n) is 1.64. The molecule has 0 aliphatic rings. The summed E-state index contributed by atoms with van der Waals surface area (Å²) >= 11 is 7.23. The molecule has 0 atom stereocenters. The van der Waals surface area contributed by atoms with Gasteiger partial charge in [0.05, 0.1) is 4.90 Å². The van der Waals surface area contributed by atoms with Gasteiger partial charge in [-0.2, -0.15) is 0 Å². The van der Waals surface area contributed by atoms with Gasteiger partial charge in [0, 0.05) is 9.92 Å². The molecule has 0 unspecified atom stereocenters. The Labute approximate surface area is 115 Å². The van der Waals surface area contributed by atoms with Crippen LogP contribution in [0.4, 0.5) is 4.39 Å². The average molecular weight is 282 g/mol. The molecule has 0 saturated heterocycles. The van der Waals surface area contributed by atoms with Gasteiger partial charge < -0.3 is 5.73 Å². The molecular formula is C14H13ClFNS. The first-order valence-corrected chi connectivity index (χ1v) is 6.81. The Kier molecular flexibility index (Phi) is 4.64. The Balaban J connectivity index is 2.30. The second kappa shape index (κ2) is 6.23. The van der Waals surface area contributed by atoms with E-state index in [1.165, 1.54) is 17.8 Å². The zero-order chi connectivity index (χ0) is 13.0. The molecule has 0 bridgehead atoms. The highest BCUT2D eigenvalue weighted by atomic mass is 35.5. The molecule has 2 aromatic rings. The fraction of sp³-hybridized carbons (Fsp3) is 0.143. The maximum Gasteiger partial charge on any atom is 0.137 e. The molecule has 0 radical (unpaired) electrons. The minimum absolute atomic E-state index is 0.208. The maximum absolute atomic E-state index is 13.9. The van der Waals surface area contributed by atoms with Gasteiger partial charge in [-0.25, -0.2) is 4.39 Å². The van der Waals surface area contributed by atoms with Gasteiger partial charge in [-0.1, -0.05) is 35.5 Å². The minimum Gasteiger partial charge on any atom is -0.330 e. The molecule has 0 aromatic heterocycles. The lowest BCUT2D eigenvalue weighted by molar-refractivity contribution is 0.597. The van der Waals surface area contributed by atoms with E-state index in [1.54, 1.807) is 18.2 Å². The van der Waals surface area contributed by atoms with Crippen molar-refractivity contribution in [3.8, 4) is 0 Å². The van der Waals surface area contributed by atoms with Crippen LogP contribution in [0.5, 0.6) is 0 Å². The number of benzene rings is 2. The fourth-order valence-corrected chi connectivity index (χ4v) is 2.74. The second-order valence-corrected chi connectivity index (χ2v) is 5.34. The first kappa shape index (κ1) is 13.4. The molecule has 0 aliphatic heterocycles. The van der Waals surface area contributed by atoms with E-state index >= 15 is 0 Å². The monoisotopic (exact) mass is 281 g/mol. The molecule has 2 aromatic carbocycles. The van der Waals surface area contributed by atoms with Crippen molar-refractivity contribution in [2.75, 3.05) is 6.54 Å². The summed E-state index contributed by atoms with van der Waals surface area (Å²) < 4.78 is 13.9. The molecule has 2 rings (SSSR count). The Morgan fingerprint density at radius 2 is 1.83 bits per heavy atom. The Hall–Kier alpha value is -1.03. The van der Waals surface area contributed by atoms with E-state index in [4.69, 9.17) is 17.3 Å². The molecule has 0 aliphatic carbocycles. The van der Waals surface area contributed by atoms with Gasteiger partial charge in [0.2, 0.25) is 0 Å². The average Bonchev–Trinajstić information content (AvgIpc) is 2.36. The predicted molar refractivity (Wildman–Crippen MR) is 74.7 cm³/mol. The molecule has 0 saturated carbocycles. The van der Waals surface area contributed by atoms with Gasteiger partial charge in [0.15, 0.2) is 0 Å². The van der Waals surface area contributed by atoms with Crippen molar-refractivity contribution >= 4 is 23.4 Å². The van der Waals surface area contributed by atoms with Gasteiger partial charge in [-0.15, -0.1) is 0 Å². The van der Waals surface area contributed by atoms with Gasteiger partial charge in [0.1, 0.15) is 5.82 Å². The number of rotatable bonds is 4. The molecule has 0 heterocycles.